The van der Waals surface area contributed by atoms with Crippen LogP contribution in [0.3, 0.4) is 0 Å². The second kappa shape index (κ2) is 15.7. The van der Waals surface area contributed by atoms with Crippen molar-refractivity contribution in [3.05, 3.63) is 258 Å². The van der Waals surface area contributed by atoms with Crippen LogP contribution in [0.4, 0.5) is 0 Å². The van der Waals surface area contributed by atoms with E-state index in [9.17, 15) is 0 Å². The van der Waals surface area contributed by atoms with Crippen molar-refractivity contribution >= 4 is 0 Å². The highest BCUT2D eigenvalue weighted by atomic mass is 14.8. The van der Waals surface area contributed by atoms with Crippen LogP contribution in [-0.4, -0.2) is 15.0 Å². The number of nitrogens with zero attached hydrogens (tertiary/aromatic N) is 3. The van der Waals surface area contributed by atoms with Gasteiger partial charge in [-0.1, -0.05) is 164 Å². The second-order valence-electron chi connectivity index (χ2n) is 15.1. The fourth-order valence-electron chi connectivity index (χ4n) is 8.19. The number of hydrogen-bond donors (Lipinski definition) is 0. The molecule has 0 radical (unpaired) electrons. The van der Waals surface area contributed by atoms with Crippen molar-refractivity contribution in [1.29, 1.82) is 0 Å². The number of aromatic nitrogens is 3. The van der Waals surface area contributed by atoms with Crippen LogP contribution >= 0.6 is 0 Å². The van der Waals surface area contributed by atoms with Gasteiger partial charge in [0, 0.05) is 18.0 Å². The molecule has 6 aromatic carbocycles. The molecule has 0 bridgehead atoms. The topological polar surface area (TPSA) is 38.7 Å². The Kier molecular flexibility index (Phi) is 9.87. The Bertz CT molecular complexity index is 2730. The Hall–Kier alpha value is -7.23. The van der Waals surface area contributed by atoms with Crippen molar-refractivity contribution in [2.45, 2.75) is 24.7 Å². The van der Waals surface area contributed by atoms with E-state index in [0.717, 1.165) is 61.7 Å². The molecule has 0 fully saturated rings. The quantitative estimate of drug-likeness (QED) is 0.140. The average molecular weight is 746 g/mol. The molecule has 3 aromatic heterocycles. The summed E-state index contributed by atoms with van der Waals surface area (Å²) < 4.78 is 0. The van der Waals surface area contributed by atoms with E-state index in [-0.39, 0.29) is 0 Å². The third-order valence-corrected chi connectivity index (χ3v) is 11.7. The molecule has 0 aliphatic heterocycles. The molecule has 9 rings (SSSR count). The van der Waals surface area contributed by atoms with Crippen molar-refractivity contribution in [2.75, 3.05) is 0 Å². The van der Waals surface area contributed by atoms with Crippen LogP contribution in [0.25, 0.3) is 44.6 Å². The number of hydrogen-bond acceptors (Lipinski definition) is 3. The minimum absolute atomic E-state index is 0.580. The van der Waals surface area contributed by atoms with Crippen molar-refractivity contribution in [3.8, 4) is 44.6 Å². The second-order valence-corrected chi connectivity index (χ2v) is 15.1. The summed E-state index contributed by atoms with van der Waals surface area (Å²) in [4.78, 5) is 15.5. The van der Waals surface area contributed by atoms with Crippen LogP contribution in [0.2, 0.25) is 0 Å². The lowest BCUT2D eigenvalue weighted by atomic mass is 9.72. The van der Waals surface area contributed by atoms with Gasteiger partial charge < -0.3 is 0 Å². The van der Waals surface area contributed by atoms with Gasteiger partial charge in [-0.2, -0.15) is 0 Å². The van der Waals surface area contributed by atoms with E-state index in [4.69, 9.17) is 15.0 Å². The summed E-state index contributed by atoms with van der Waals surface area (Å²) in [5.41, 5.74) is 14.0. The molecule has 278 valence electrons. The van der Waals surface area contributed by atoms with E-state index in [1.807, 2.05) is 24.5 Å². The van der Waals surface area contributed by atoms with Gasteiger partial charge in [-0.15, -0.1) is 0 Å². The molecule has 0 spiro atoms. The van der Waals surface area contributed by atoms with Gasteiger partial charge in [-0.3, -0.25) is 15.0 Å². The molecule has 3 heterocycles. The first-order valence-electron chi connectivity index (χ1n) is 19.8. The third kappa shape index (κ3) is 6.93. The molecule has 58 heavy (non-hydrogen) atoms. The smallest absolute Gasteiger partial charge is 0.0768 e. The normalized spacial score (nSPS) is 13.3. The maximum atomic E-state index is 5.55. The Balaban J connectivity index is 1.19. The predicted octanol–water partition coefficient (Wildman–Crippen LogP) is 13.2. The van der Waals surface area contributed by atoms with Gasteiger partial charge in [0.2, 0.25) is 0 Å². The largest absolute Gasteiger partial charge is 0.260 e. The van der Waals surface area contributed by atoms with E-state index in [1.54, 1.807) is 0 Å². The van der Waals surface area contributed by atoms with Crippen LogP contribution in [0.15, 0.2) is 225 Å². The van der Waals surface area contributed by atoms with Crippen LogP contribution in [0.1, 0.15) is 47.6 Å². The summed E-state index contributed by atoms with van der Waals surface area (Å²) in [6.07, 6.45) is 3.76. The molecule has 0 aliphatic rings. The van der Waals surface area contributed by atoms with Gasteiger partial charge in [0.25, 0.3) is 0 Å². The number of rotatable bonds is 10. The third-order valence-electron chi connectivity index (χ3n) is 11.7. The molecule has 0 amide bonds. The molecule has 3 nitrogen and oxygen atoms in total. The summed E-state index contributed by atoms with van der Waals surface area (Å²) >= 11 is 0. The van der Waals surface area contributed by atoms with Crippen LogP contribution in [-0.2, 0) is 10.8 Å². The molecular weight excluding hydrogens is 703 g/mol. The van der Waals surface area contributed by atoms with Crippen LogP contribution in [0.5, 0.6) is 0 Å². The minimum atomic E-state index is -0.623. The molecule has 0 saturated carbocycles. The van der Waals surface area contributed by atoms with Gasteiger partial charge >= 0.3 is 0 Å². The van der Waals surface area contributed by atoms with Gasteiger partial charge in [0.05, 0.1) is 33.6 Å². The lowest BCUT2D eigenvalue weighted by Crippen LogP contribution is -2.28. The van der Waals surface area contributed by atoms with Crippen molar-refractivity contribution < 1.29 is 0 Å². The molecular formula is C55H43N3. The lowest BCUT2D eigenvalue weighted by molar-refractivity contribution is 0.642. The van der Waals surface area contributed by atoms with E-state index in [1.165, 1.54) is 16.7 Å². The first kappa shape index (κ1) is 36.4. The summed E-state index contributed by atoms with van der Waals surface area (Å²) in [5, 5.41) is 0. The summed E-state index contributed by atoms with van der Waals surface area (Å²) in [7, 11) is 0. The summed E-state index contributed by atoms with van der Waals surface area (Å²) in [6, 6.07) is 75.1. The Morgan fingerprint density at radius 3 is 1.29 bits per heavy atom. The van der Waals surface area contributed by atoms with Crippen molar-refractivity contribution in [1.82, 2.24) is 15.0 Å². The Morgan fingerprint density at radius 1 is 0.293 bits per heavy atom. The standard InChI is InChI=1S/C55H43N3/c1-54(51-28-12-14-34-56-51,48-26-16-22-44(36-48)43-32-30-42(31-33-43)40-18-6-3-7-19-40)49-27-17-23-45(37-49)50-38-46(41-20-8-4-9-21-41)39-53(58-50)55(2,47-24-10-5-11-25-47)52-29-13-15-35-57-52/h3-39H,1-2H3. The van der Waals surface area contributed by atoms with Gasteiger partial charge in [-0.05, 0) is 112 Å². The SMILES string of the molecule is CC(c1cccc(-c2ccc(-c3ccccc3)cc2)c1)(c1cccc(-c2cc(-c3ccccc3)cc(C(C)(c3ccccc3)c3ccccn3)n2)c1)c1ccccn1. The number of pyridine rings is 3. The molecule has 0 saturated heterocycles. The first-order chi connectivity index (χ1) is 28.5. The highest BCUT2D eigenvalue weighted by molar-refractivity contribution is 5.74. The zero-order valence-corrected chi connectivity index (χ0v) is 32.7. The van der Waals surface area contributed by atoms with Crippen molar-refractivity contribution in [2.24, 2.45) is 0 Å². The zero-order chi connectivity index (χ0) is 39.4. The maximum Gasteiger partial charge on any atom is 0.0768 e. The maximum absolute atomic E-state index is 5.55. The van der Waals surface area contributed by atoms with Crippen LogP contribution < -0.4 is 0 Å². The molecule has 3 heteroatoms. The highest BCUT2D eigenvalue weighted by Gasteiger charge is 2.36. The van der Waals surface area contributed by atoms with Gasteiger partial charge in [0.15, 0.2) is 0 Å². The zero-order valence-electron chi connectivity index (χ0n) is 32.7. The predicted molar refractivity (Wildman–Crippen MR) is 238 cm³/mol. The monoisotopic (exact) mass is 745 g/mol. The molecule has 2 unspecified atom stereocenters. The van der Waals surface area contributed by atoms with Gasteiger partial charge in [0.1, 0.15) is 0 Å². The Morgan fingerprint density at radius 2 is 0.724 bits per heavy atom. The first-order valence-corrected chi connectivity index (χ1v) is 19.8. The molecule has 0 N–H and O–H groups in total. The Labute approximate surface area is 341 Å². The van der Waals surface area contributed by atoms with Crippen LogP contribution in [0, 0.1) is 0 Å². The summed E-state index contributed by atoms with van der Waals surface area (Å²) in [5.74, 6) is 0. The summed E-state index contributed by atoms with van der Waals surface area (Å²) in [6.45, 7) is 4.53. The molecule has 9 aromatic rings. The van der Waals surface area contributed by atoms with E-state index in [0.29, 0.717) is 0 Å². The average Bonchev–Trinajstić information content (AvgIpc) is 3.32. The minimum Gasteiger partial charge on any atom is -0.260 e. The van der Waals surface area contributed by atoms with E-state index in [2.05, 4.69) is 214 Å². The number of benzene rings is 6. The molecule has 0 aliphatic carbocycles. The van der Waals surface area contributed by atoms with E-state index >= 15 is 0 Å². The fourth-order valence-corrected chi connectivity index (χ4v) is 8.19. The molecule has 2 atom stereocenters. The highest BCUT2D eigenvalue weighted by Crippen LogP contribution is 2.43. The lowest BCUT2D eigenvalue weighted by Gasteiger charge is -2.32. The van der Waals surface area contributed by atoms with Crippen molar-refractivity contribution in [3.63, 3.8) is 0 Å². The van der Waals surface area contributed by atoms with E-state index < -0.39 is 10.8 Å². The van der Waals surface area contributed by atoms with Gasteiger partial charge in [-0.25, -0.2) is 0 Å². The fraction of sp³-hybridized carbons (Fsp3) is 0.0727.